The molecule has 0 saturated carbocycles. The average Bonchev–Trinajstić information content (AvgIpc) is 3.10. The Balaban J connectivity index is 1.93. The van der Waals surface area contributed by atoms with Crippen LogP contribution in [0.3, 0.4) is 0 Å². The molecule has 0 atom stereocenters. The second kappa shape index (κ2) is 6.94. The molecule has 1 amide bonds. The lowest BCUT2D eigenvalue weighted by atomic mass is 10.1. The number of aromatic nitrogens is 1. The van der Waals surface area contributed by atoms with E-state index in [2.05, 4.69) is 15.2 Å². The summed E-state index contributed by atoms with van der Waals surface area (Å²) in [5, 5.41) is 11.5. The summed E-state index contributed by atoms with van der Waals surface area (Å²) < 4.78 is 10.7. The highest BCUT2D eigenvalue weighted by Crippen LogP contribution is 2.32. The average molecular weight is 312 g/mol. The van der Waals surface area contributed by atoms with Gasteiger partial charge in [-0.15, -0.1) is 0 Å². The van der Waals surface area contributed by atoms with E-state index in [1.807, 2.05) is 24.3 Å². The summed E-state index contributed by atoms with van der Waals surface area (Å²) in [6.07, 6.45) is 2.79. The van der Waals surface area contributed by atoms with Crippen molar-refractivity contribution < 1.29 is 13.9 Å². The zero-order valence-corrected chi connectivity index (χ0v) is 12.5. The molecule has 2 heterocycles. The predicted octanol–water partition coefficient (Wildman–Crippen LogP) is 2.03. The molecule has 1 aromatic carbocycles. The maximum absolute atomic E-state index is 11.8. The summed E-state index contributed by atoms with van der Waals surface area (Å²) in [7, 11) is 0. The van der Waals surface area contributed by atoms with Crippen LogP contribution in [0.1, 0.15) is 6.42 Å². The van der Waals surface area contributed by atoms with Crippen molar-refractivity contribution in [2.24, 2.45) is 0 Å². The number of anilines is 2. The van der Waals surface area contributed by atoms with Crippen molar-refractivity contribution in [3.8, 4) is 17.4 Å². The van der Waals surface area contributed by atoms with E-state index >= 15 is 0 Å². The van der Waals surface area contributed by atoms with Crippen molar-refractivity contribution in [1.29, 1.82) is 5.26 Å². The van der Waals surface area contributed by atoms with Crippen LogP contribution in [0.5, 0.6) is 0 Å². The molecule has 1 N–H and O–H groups in total. The fraction of sp³-hybridized carbons (Fsp3) is 0.312. The van der Waals surface area contributed by atoms with Crippen LogP contribution in [0.2, 0.25) is 0 Å². The van der Waals surface area contributed by atoms with Crippen LogP contribution in [0, 0.1) is 11.3 Å². The Morgan fingerprint density at radius 3 is 2.91 bits per heavy atom. The van der Waals surface area contributed by atoms with E-state index in [0.29, 0.717) is 24.7 Å². The Morgan fingerprint density at radius 1 is 1.39 bits per heavy atom. The molecule has 23 heavy (non-hydrogen) atoms. The molecule has 3 rings (SSSR count). The van der Waals surface area contributed by atoms with Crippen molar-refractivity contribution in [1.82, 2.24) is 4.98 Å². The molecule has 1 fully saturated rings. The first-order valence-corrected chi connectivity index (χ1v) is 7.30. The number of ether oxygens (including phenoxy) is 1. The van der Waals surface area contributed by atoms with Crippen molar-refractivity contribution in [3.63, 3.8) is 0 Å². The molecule has 1 aromatic heterocycles. The number of oxazole rings is 1. The van der Waals surface area contributed by atoms with Crippen LogP contribution in [-0.2, 0) is 9.53 Å². The minimum atomic E-state index is -0.336. The van der Waals surface area contributed by atoms with Crippen LogP contribution in [0.25, 0.3) is 11.3 Å². The monoisotopic (exact) mass is 312 g/mol. The number of benzene rings is 1. The topological polar surface area (TPSA) is 91.4 Å². The van der Waals surface area contributed by atoms with Gasteiger partial charge in [-0.05, 0) is 18.2 Å². The highest BCUT2D eigenvalue weighted by Gasteiger charge is 2.17. The van der Waals surface area contributed by atoms with Crippen molar-refractivity contribution in [2.45, 2.75) is 6.42 Å². The summed E-state index contributed by atoms with van der Waals surface area (Å²) in [4.78, 5) is 17.9. The molecule has 0 spiro atoms. The molecule has 0 aliphatic carbocycles. The van der Waals surface area contributed by atoms with Crippen molar-refractivity contribution in [2.75, 3.05) is 36.5 Å². The lowest BCUT2D eigenvalue weighted by molar-refractivity contribution is -0.115. The first kappa shape index (κ1) is 15.1. The van der Waals surface area contributed by atoms with E-state index in [-0.39, 0.29) is 12.3 Å². The summed E-state index contributed by atoms with van der Waals surface area (Å²) in [6, 6.07) is 7.55. The quantitative estimate of drug-likeness (QED) is 0.929. The van der Waals surface area contributed by atoms with Crippen LogP contribution in [-0.4, -0.2) is 37.2 Å². The number of amides is 1. The van der Waals surface area contributed by atoms with Crippen molar-refractivity contribution >= 4 is 17.3 Å². The maximum Gasteiger partial charge on any atom is 0.238 e. The third kappa shape index (κ3) is 3.49. The lowest BCUT2D eigenvalue weighted by Gasteiger charge is -2.30. The van der Waals surface area contributed by atoms with Crippen LogP contribution >= 0.6 is 0 Å². The summed E-state index contributed by atoms with van der Waals surface area (Å²) >= 11 is 0. The summed E-state index contributed by atoms with van der Waals surface area (Å²) in [5.41, 5.74) is 2.37. The molecule has 1 aliphatic rings. The van der Waals surface area contributed by atoms with Crippen LogP contribution in [0.15, 0.2) is 35.2 Å². The van der Waals surface area contributed by atoms with Gasteiger partial charge in [-0.25, -0.2) is 4.98 Å². The molecule has 0 unspecified atom stereocenters. The fourth-order valence-electron chi connectivity index (χ4n) is 2.49. The zero-order valence-electron chi connectivity index (χ0n) is 12.5. The second-order valence-electron chi connectivity index (χ2n) is 5.08. The minimum Gasteiger partial charge on any atom is -0.444 e. The van der Waals surface area contributed by atoms with Gasteiger partial charge in [0, 0.05) is 18.7 Å². The van der Waals surface area contributed by atoms with E-state index in [1.54, 1.807) is 6.20 Å². The highest BCUT2D eigenvalue weighted by molar-refractivity contribution is 5.96. The molecule has 0 radical (unpaired) electrons. The second-order valence-corrected chi connectivity index (χ2v) is 5.08. The number of hydrogen-bond donors (Lipinski definition) is 1. The Bertz CT molecular complexity index is 715. The highest BCUT2D eigenvalue weighted by atomic mass is 16.5. The first-order valence-electron chi connectivity index (χ1n) is 7.30. The normalized spacial score (nSPS) is 14.3. The number of nitriles is 1. The van der Waals surface area contributed by atoms with Crippen LogP contribution in [0.4, 0.5) is 11.4 Å². The van der Waals surface area contributed by atoms with E-state index in [4.69, 9.17) is 14.4 Å². The van der Waals surface area contributed by atoms with Gasteiger partial charge in [0.25, 0.3) is 0 Å². The lowest BCUT2D eigenvalue weighted by Crippen LogP contribution is -2.36. The SMILES string of the molecule is N#CCC(=O)Nc1cc(-c2cnco2)ccc1N1CCOCC1. The molecule has 7 heteroatoms. The molecule has 1 saturated heterocycles. The summed E-state index contributed by atoms with van der Waals surface area (Å²) in [5.74, 6) is 0.283. The number of morpholine rings is 1. The Morgan fingerprint density at radius 2 is 2.22 bits per heavy atom. The van der Waals surface area contributed by atoms with Gasteiger partial charge in [-0.2, -0.15) is 5.26 Å². The number of carbonyl (C=O) groups is 1. The van der Waals surface area contributed by atoms with Gasteiger partial charge in [0.05, 0.1) is 36.9 Å². The summed E-state index contributed by atoms with van der Waals surface area (Å²) in [6.45, 7) is 2.80. The Kier molecular flexibility index (Phi) is 4.54. The zero-order chi connectivity index (χ0) is 16.1. The van der Waals surface area contributed by atoms with Gasteiger partial charge in [0.15, 0.2) is 12.2 Å². The number of nitrogens with zero attached hydrogens (tertiary/aromatic N) is 3. The van der Waals surface area contributed by atoms with E-state index in [9.17, 15) is 4.79 Å². The number of rotatable bonds is 4. The standard InChI is InChI=1S/C16H16N4O3/c17-4-3-16(21)19-13-9-12(15-10-18-11-23-15)1-2-14(13)20-5-7-22-8-6-20/h1-2,9-11H,3,5-8H2,(H,19,21). The molecular weight excluding hydrogens is 296 g/mol. The predicted molar refractivity (Wildman–Crippen MR) is 83.8 cm³/mol. The van der Waals surface area contributed by atoms with E-state index < -0.39 is 0 Å². The minimum absolute atomic E-state index is 0.185. The Labute approximate surface area is 133 Å². The Hall–Kier alpha value is -2.85. The third-order valence-electron chi connectivity index (χ3n) is 3.58. The molecule has 118 valence electrons. The van der Waals surface area contributed by atoms with Gasteiger partial charge < -0.3 is 19.4 Å². The van der Waals surface area contributed by atoms with Gasteiger partial charge in [0.1, 0.15) is 6.42 Å². The van der Waals surface area contributed by atoms with Gasteiger partial charge in [-0.3, -0.25) is 4.79 Å². The fourth-order valence-corrected chi connectivity index (χ4v) is 2.49. The molecule has 7 nitrogen and oxygen atoms in total. The first-order chi connectivity index (χ1) is 11.3. The number of nitrogens with one attached hydrogen (secondary N) is 1. The molecule has 2 aromatic rings. The largest absolute Gasteiger partial charge is 0.444 e. The third-order valence-corrected chi connectivity index (χ3v) is 3.58. The maximum atomic E-state index is 11.8. The molecular formula is C16H16N4O3. The van der Waals surface area contributed by atoms with Gasteiger partial charge in [0.2, 0.25) is 5.91 Å². The van der Waals surface area contributed by atoms with E-state index in [1.165, 1.54) is 6.39 Å². The number of carbonyl (C=O) groups excluding carboxylic acids is 1. The van der Waals surface area contributed by atoms with E-state index in [0.717, 1.165) is 24.3 Å². The molecule has 0 bridgehead atoms. The number of hydrogen-bond acceptors (Lipinski definition) is 6. The van der Waals surface area contributed by atoms with Crippen molar-refractivity contribution in [3.05, 3.63) is 30.8 Å². The van der Waals surface area contributed by atoms with Gasteiger partial charge >= 0.3 is 0 Å². The van der Waals surface area contributed by atoms with Gasteiger partial charge in [-0.1, -0.05) is 0 Å². The smallest absolute Gasteiger partial charge is 0.238 e. The molecule has 1 aliphatic heterocycles. The van der Waals surface area contributed by atoms with Crippen LogP contribution < -0.4 is 10.2 Å².